The third-order valence-corrected chi connectivity index (χ3v) is 9.70. The second kappa shape index (κ2) is 14.7. The first kappa shape index (κ1) is 34.5. The van der Waals surface area contributed by atoms with Crippen LogP contribution in [0.2, 0.25) is 0 Å². The maximum Gasteiger partial charge on any atom is 0.338 e. The molecular formula is C38H45N3O8. The lowest BCUT2D eigenvalue weighted by Crippen LogP contribution is -2.51. The second-order valence-corrected chi connectivity index (χ2v) is 13.6. The number of esters is 1. The van der Waals surface area contributed by atoms with Crippen LogP contribution in [0.15, 0.2) is 72.3 Å². The van der Waals surface area contributed by atoms with E-state index in [-0.39, 0.29) is 55.6 Å². The predicted molar refractivity (Wildman–Crippen MR) is 181 cm³/mol. The Kier molecular flexibility index (Phi) is 10.3. The molecule has 49 heavy (non-hydrogen) atoms. The van der Waals surface area contributed by atoms with Gasteiger partial charge in [0, 0.05) is 64.0 Å². The SMILES string of the molecule is CN(C)C(=O)C=Cc1cccc(C(=O)OC2CC(C(=O)N(C)C(Cc3ccccc3)C(=O)NCCO)=CC3OC(C4CC4)(C4CC4)OC32)c1. The smallest absolute Gasteiger partial charge is 0.338 e. The fourth-order valence-electron chi connectivity index (χ4n) is 6.76. The summed E-state index contributed by atoms with van der Waals surface area (Å²) in [6, 6.07) is 15.4. The van der Waals surface area contributed by atoms with Crippen molar-refractivity contribution in [2.75, 3.05) is 34.3 Å². The fraction of sp³-hybridized carbons (Fsp3) is 0.474. The van der Waals surface area contributed by atoms with E-state index in [2.05, 4.69) is 5.32 Å². The van der Waals surface area contributed by atoms with E-state index in [0.717, 1.165) is 31.2 Å². The van der Waals surface area contributed by atoms with Crippen LogP contribution in [-0.4, -0.2) is 103 Å². The molecule has 0 radical (unpaired) electrons. The standard InChI is InChI=1S/C38H45N3O8/c1-40(2)33(43)17-12-25-10-7-11-26(20-25)37(46)47-31-22-27(23-32-34(31)49-38(48-32,28-13-14-28)29-15-16-29)36(45)41(3)30(35(44)39-18-19-42)21-24-8-5-4-6-9-24/h4-12,17,20,23,28-32,34,42H,13-16,18-19,21-22H2,1-3H3,(H,39,44). The molecule has 260 valence electrons. The molecule has 1 saturated heterocycles. The van der Waals surface area contributed by atoms with Crippen molar-refractivity contribution < 1.29 is 38.5 Å². The van der Waals surface area contributed by atoms with Gasteiger partial charge in [-0.25, -0.2) is 4.79 Å². The molecule has 11 heteroatoms. The van der Waals surface area contributed by atoms with Crippen LogP contribution >= 0.6 is 0 Å². The average Bonchev–Trinajstić information content (AvgIpc) is 4.06. The fourth-order valence-corrected chi connectivity index (χ4v) is 6.76. The molecule has 4 atom stereocenters. The first-order chi connectivity index (χ1) is 23.6. The van der Waals surface area contributed by atoms with Gasteiger partial charge in [0.1, 0.15) is 24.4 Å². The molecule has 0 spiro atoms. The number of likely N-dealkylation sites (N-methyl/N-ethyl adjacent to an activating group) is 2. The molecule has 3 aliphatic carbocycles. The maximum absolute atomic E-state index is 14.2. The molecule has 0 aromatic heterocycles. The Bertz CT molecular complexity index is 1600. The van der Waals surface area contributed by atoms with Gasteiger partial charge in [-0.1, -0.05) is 42.5 Å². The Morgan fingerprint density at radius 2 is 1.71 bits per heavy atom. The summed E-state index contributed by atoms with van der Waals surface area (Å²) in [5.41, 5.74) is 2.22. The number of hydrogen-bond acceptors (Lipinski definition) is 8. The zero-order valence-corrected chi connectivity index (χ0v) is 28.2. The Hall–Kier alpha value is -4.32. The van der Waals surface area contributed by atoms with E-state index in [1.165, 1.54) is 15.9 Å². The van der Waals surface area contributed by atoms with Crippen LogP contribution in [0.1, 0.15) is 53.6 Å². The first-order valence-electron chi connectivity index (χ1n) is 17.1. The van der Waals surface area contributed by atoms with Crippen molar-refractivity contribution in [1.29, 1.82) is 0 Å². The lowest BCUT2D eigenvalue weighted by Gasteiger charge is -2.33. The summed E-state index contributed by atoms with van der Waals surface area (Å²) in [4.78, 5) is 56.1. The molecule has 4 aliphatic rings. The average molecular weight is 672 g/mol. The summed E-state index contributed by atoms with van der Waals surface area (Å²) in [5.74, 6) is -1.76. The number of hydrogen-bond donors (Lipinski definition) is 2. The van der Waals surface area contributed by atoms with Crippen molar-refractivity contribution in [1.82, 2.24) is 15.1 Å². The van der Waals surface area contributed by atoms with Crippen molar-refractivity contribution in [3.05, 3.63) is 89.0 Å². The minimum Gasteiger partial charge on any atom is -0.456 e. The van der Waals surface area contributed by atoms with Crippen LogP contribution < -0.4 is 5.32 Å². The van der Waals surface area contributed by atoms with Gasteiger partial charge in [-0.15, -0.1) is 0 Å². The molecule has 1 heterocycles. The second-order valence-electron chi connectivity index (χ2n) is 13.6. The third kappa shape index (κ3) is 7.79. The van der Waals surface area contributed by atoms with Crippen LogP contribution in [0.5, 0.6) is 0 Å². The van der Waals surface area contributed by atoms with Gasteiger partial charge in [0.25, 0.3) is 0 Å². The molecule has 3 amide bonds. The molecule has 2 saturated carbocycles. The number of aliphatic hydroxyl groups is 1. The van der Waals surface area contributed by atoms with Crippen molar-refractivity contribution in [3.63, 3.8) is 0 Å². The van der Waals surface area contributed by atoms with Crippen LogP contribution in [0, 0.1) is 11.8 Å². The molecule has 2 aromatic carbocycles. The van der Waals surface area contributed by atoms with Gasteiger partial charge in [-0.3, -0.25) is 14.4 Å². The molecule has 1 aliphatic heterocycles. The number of ether oxygens (including phenoxy) is 3. The number of carbonyl (C=O) groups is 4. The van der Waals surface area contributed by atoms with Crippen molar-refractivity contribution >= 4 is 29.8 Å². The number of fused-ring (bicyclic) bond motifs is 1. The Morgan fingerprint density at radius 3 is 2.37 bits per heavy atom. The molecule has 11 nitrogen and oxygen atoms in total. The van der Waals surface area contributed by atoms with Crippen LogP contribution in [0.3, 0.4) is 0 Å². The van der Waals surface area contributed by atoms with Gasteiger partial charge >= 0.3 is 5.97 Å². The topological polar surface area (TPSA) is 135 Å². The number of aliphatic hydroxyl groups excluding tert-OH is 1. The van der Waals surface area contributed by atoms with Gasteiger partial charge in [0.15, 0.2) is 5.79 Å². The highest BCUT2D eigenvalue weighted by Crippen LogP contribution is 2.59. The van der Waals surface area contributed by atoms with Gasteiger partial charge in [-0.2, -0.15) is 0 Å². The zero-order chi connectivity index (χ0) is 34.7. The summed E-state index contributed by atoms with van der Waals surface area (Å²) in [5, 5.41) is 12.0. The maximum atomic E-state index is 14.2. The number of benzene rings is 2. The number of nitrogens with one attached hydrogen (secondary N) is 1. The molecule has 0 bridgehead atoms. The lowest BCUT2D eigenvalue weighted by molar-refractivity contribution is -0.209. The van der Waals surface area contributed by atoms with E-state index < -0.39 is 36.1 Å². The summed E-state index contributed by atoms with van der Waals surface area (Å²) in [7, 11) is 4.91. The van der Waals surface area contributed by atoms with E-state index in [1.54, 1.807) is 57.6 Å². The number of carbonyl (C=O) groups excluding carboxylic acids is 4. The van der Waals surface area contributed by atoms with Crippen LogP contribution in [-0.2, 0) is 35.0 Å². The Labute approximate surface area is 286 Å². The summed E-state index contributed by atoms with van der Waals surface area (Å²) in [6.07, 6.45) is 7.19. The normalized spacial score (nSPS) is 23.3. The number of amides is 3. The summed E-state index contributed by atoms with van der Waals surface area (Å²) >= 11 is 0. The largest absolute Gasteiger partial charge is 0.456 e. The van der Waals surface area contributed by atoms with Gasteiger partial charge in [0.05, 0.1) is 12.2 Å². The molecule has 4 unspecified atom stereocenters. The first-order valence-corrected chi connectivity index (χ1v) is 17.1. The highest BCUT2D eigenvalue weighted by Gasteiger charge is 2.64. The van der Waals surface area contributed by atoms with Gasteiger partial charge in [0.2, 0.25) is 17.7 Å². The zero-order valence-electron chi connectivity index (χ0n) is 28.2. The van der Waals surface area contributed by atoms with E-state index >= 15 is 0 Å². The minimum atomic E-state index is -0.853. The summed E-state index contributed by atoms with van der Waals surface area (Å²) < 4.78 is 19.6. The molecule has 3 fully saturated rings. The van der Waals surface area contributed by atoms with Crippen molar-refractivity contribution in [3.8, 4) is 0 Å². The molecule has 6 rings (SSSR count). The monoisotopic (exact) mass is 671 g/mol. The Balaban J connectivity index is 1.26. The molecule has 2 N–H and O–H groups in total. The van der Waals surface area contributed by atoms with E-state index in [1.807, 2.05) is 30.3 Å². The number of nitrogens with zero attached hydrogens (tertiary/aromatic N) is 2. The van der Waals surface area contributed by atoms with Crippen molar-refractivity contribution in [2.45, 2.75) is 68.7 Å². The van der Waals surface area contributed by atoms with Gasteiger partial charge in [-0.05, 0) is 61.1 Å². The van der Waals surface area contributed by atoms with Crippen molar-refractivity contribution in [2.24, 2.45) is 11.8 Å². The van der Waals surface area contributed by atoms with Gasteiger partial charge < -0.3 is 34.4 Å². The molecular weight excluding hydrogens is 626 g/mol. The molecule has 2 aromatic rings. The minimum absolute atomic E-state index is 0.0647. The summed E-state index contributed by atoms with van der Waals surface area (Å²) in [6.45, 7) is -0.160. The quantitative estimate of drug-likeness (QED) is 0.245. The number of rotatable bonds is 13. The van der Waals surface area contributed by atoms with E-state index in [0.29, 0.717) is 16.7 Å². The highest BCUT2D eigenvalue weighted by atomic mass is 16.8. The van der Waals surface area contributed by atoms with Crippen LogP contribution in [0.4, 0.5) is 0 Å². The highest BCUT2D eigenvalue weighted by molar-refractivity contribution is 5.97. The van der Waals surface area contributed by atoms with Crippen LogP contribution in [0.25, 0.3) is 6.08 Å². The predicted octanol–water partition coefficient (Wildman–Crippen LogP) is 3.12. The lowest BCUT2D eigenvalue weighted by atomic mass is 9.90. The Morgan fingerprint density at radius 1 is 1.00 bits per heavy atom. The third-order valence-electron chi connectivity index (χ3n) is 9.70. The van der Waals surface area contributed by atoms with E-state index in [4.69, 9.17) is 14.2 Å². The van der Waals surface area contributed by atoms with E-state index in [9.17, 15) is 24.3 Å².